The summed E-state index contributed by atoms with van der Waals surface area (Å²) in [7, 11) is 1.66. The molecule has 1 N–H and O–H groups in total. The predicted molar refractivity (Wildman–Crippen MR) is 156 cm³/mol. The summed E-state index contributed by atoms with van der Waals surface area (Å²) in [4.78, 5) is 4.46. The molecule has 0 saturated carbocycles. The van der Waals surface area contributed by atoms with Gasteiger partial charge in [0, 0.05) is 23.5 Å². The molecule has 0 amide bonds. The van der Waals surface area contributed by atoms with Gasteiger partial charge in [-0.2, -0.15) is 0 Å². The lowest BCUT2D eigenvalue weighted by molar-refractivity contribution is 0.263. The molecule has 0 bridgehead atoms. The molecule has 3 aromatic carbocycles. The van der Waals surface area contributed by atoms with Crippen LogP contribution >= 0.6 is 34.0 Å². The van der Waals surface area contributed by atoms with Crippen LogP contribution in [-0.2, 0) is 0 Å². The smallest absolute Gasteiger partial charge is 0.137 e. The van der Waals surface area contributed by atoms with Gasteiger partial charge in [0.05, 0.1) is 13.7 Å². The first-order valence-electron chi connectivity index (χ1n) is 11.7. The molecule has 1 saturated heterocycles. The lowest BCUT2D eigenvalue weighted by atomic mass is 10.1. The summed E-state index contributed by atoms with van der Waals surface area (Å²) in [5.74, 6) is 2.06. The Morgan fingerprint density at radius 2 is 1.37 bits per heavy atom. The number of benzene rings is 3. The summed E-state index contributed by atoms with van der Waals surface area (Å²) in [5.41, 5.74) is 3.85. The van der Waals surface area contributed by atoms with Crippen LogP contribution in [0.1, 0.15) is 30.4 Å². The van der Waals surface area contributed by atoms with E-state index in [4.69, 9.17) is 14.9 Å². The number of ether oxygens (including phenoxy) is 2. The highest BCUT2D eigenvalue weighted by atomic mass is 79.9. The van der Waals surface area contributed by atoms with Crippen molar-refractivity contribution in [1.82, 2.24) is 4.90 Å². The molecule has 35 heavy (non-hydrogen) atoms. The normalized spacial score (nSPS) is 12.9. The van der Waals surface area contributed by atoms with Gasteiger partial charge in [0.15, 0.2) is 0 Å². The molecule has 4 rings (SSSR count). The number of methoxy groups -OCH3 is 1. The third kappa shape index (κ3) is 7.82. The molecule has 1 fully saturated rings. The third-order valence-electron chi connectivity index (χ3n) is 6.06. The van der Waals surface area contributed by atoms with Crippen molar-refractivity contribution < 1.29 is 9.47 Å². The number of halogens is 2. The molecule has 3 aromatic rings. The number of hydrogen-bond acceptors (Lipinski definition) is 4. The van der Waals surface area contributed by atoms with Gasteiger partial charge in [-0.3, -0.25) is 10.3 Å². The Balaban J connectivity index is 0.00000216. The molecule has 0 radical (unpaired) electrons. The van der Waals surface area contributed by atoms with Gasteiger partial charge in [-0.15, -0.1) is 34.0 Å². The maximum absolute atomic E-state index is 8.96. The van der Waals surface area contributed by atoms with E-state index in [0.717, 1.165) is 48.0 Å². The standard InChI is InChI=1S/C28H33N3O2.2BrH/c1-22-6-8-23(9-7-22)28(29)31(24-10-14-26(32-2)15-11-24)25-12-16-27(17-13-25)33-21-5-20-30-18-3-4-19-30;;/h6-17,29H,3-5,18-21H2,1-2H3;2*1H. The van der Waals surface area contributed by atoms with Gasteiger partial charge in [-0.25, -0.2) is 0 Å². The van der Waals surface area contributed by atoms with Gasteiger partial charge in [-0.05, 0) is 87.8 Å². The summed E-state index contributed by atoms with van der Waals surface area (Å²) < 4.78 is 11.3. The zero-order chi connectivity index (χ0) is 23.0. The Bertz CT molecular complexity index is 1040. The fraction of sp³-hybridized carbons (Fsp3) is 0.321. The summed E-state index contributed by atoms with van der Waals surface area (Å²) in [6.45, 7) is 6.33. The van der Waals surface area contributed by atoms with Gasteiger partial charge in [0.2, 0.25) is 0 Å². The first-order valence-corrected chi connectivity index (χ1v) is 11.7. The van der Waals surface area contributed by atoms with Gasteiger partial charge < -0.3 is 14.4 Å². The van der Waals surface area contributed by atoms with E-state index in [9.17, 15) is 0 Å². The maximum Gasteiger partial charge on any atom is 0.137 e. The Hall–Kier alpha value is -2.35. The van der Waals surface area contributed by atoms with Crippen LogP contribution in [0.4, 0.5) is 11.4 Å². The van der Waals surface area contributed by atoms with Crippen molar-refractivity contribution in [1.29, 1.82) is 5.41 Å². The summed E-state index contributed by atoms with van der Waals surface area (Å²) in [6.07, 6.45) is 3.69. The van der Waals surface area contributed by atoms with Crippen molar-refractivity contribution in [2.75, 3.05) is 38.3 Å². The average molecular weight is 605 g/mol. The molecular formula is C28H35Br2N3O2. The van der Waals surface area contributed by atoms with Crippen molar-refractivity contribution in [3.8, 4) is 11.5 Å². The quantitative estimate of drug-likeness (QED) is 0.160. The number of nitrogens with zero attached hydrogens (tertiary/aromatic N) is 2. The molecule has 0 spiro atoms. The summed E-state index contributed by atoms with van der Waals surface area (Å²) in [6, 6.07) is 23.9. The Kier molecular flexibility index (Phi) is 11.8. The van der Waals surface area contributed by atoms with Gasteiger partial charge >= 0.3 is 0 Å². The van der Waals surface area contributed by atoms with Crippen molar-refractivity contribution in [2.24, 2.45) is 0 Å². The van der Waals surface area contributed by atoms with Crippen molar-refractivity contribution in [3.63, 3.8) is 0 Å². The van der Waals surface area contributed by atoms with E-state index in [2.05, 4.69) is 11.8 Å². The molecule has 0 unspecified atom stereocenters. The SMILES string of the molecule is Br.Br.COc1ccc(N(C(=N)c2ccc(C)cc2)c2ccc(OCCCN3CCCC3)cc2)cc1. The van der Waals surface area contributed by atoms with E-state index in [-0.39, 0.29) is 34.0 Å². The molecular weight excluding hydrogens is 570 g/mol. The topological polar surface area (TPSA) is 48.8 Å². The van der Waals surface area contributed by atoms with Crippen LogP contribution in [0.15, 0.2) is 72.8 Å². The van der Waals surface area contributed by atoms with Crippen LogP contribution in [0.5, 0.6) is 11.5 Å². The molecule has 0 aromatic heterocycles. The zero-order valence-electron chi connectivity index (χ0n) is 20.4. The van der Waals surface area contributed by atoms with Crippen molar-refractivity contribution in [2.45, 2.75) is 26.2 Å². The molecule has 0 aliphatic carbocycles. The third-order valence-corrected chi connectivity index (χ3v) is 6.06. The van der Waals surface area contributed by atoms with Gasteiger partial charge in [0.1, 0.15) is 17.3 Å². The van der Waals surface area contributed by atoms with Crippen molar-refractivity contribution in [3.05, 3.63) is 83.9 Å². The second kappa shape index (κ2) is 14.3. The molecule has 188 valence electrons. The monoisotopic (exact) mass is 603 g/mol. The lowest BCUT2D eigenvalue weighted by Gasteiger charge is -2.26. The summed E-state index contributed by atoms with van der Waals surface area (Å²) >= 11 is 0. The minimum absolute atomic E-state index is 0. The van der Waals surface area contributed by atoms with E-state index in [1.807, 2.05) is 77.7 Å². The minimum atomic E-state index is 0. The van der Waals surface area contributed by atoms with Crippen LogP contribution in [-0.4, -0.2) is 44.1 Å². The largest absolute Gasteiger partial charge is 0.497 e. The van der Waals surface area contributed by atoms with E-state index < -0.39 is 0 Å². The Morgan fingerprint density at radius 1 is 0.829 bits per heavy atom. The molecule has 0 atom stereocenters. The van der Waals surface area contributed by atoms with Gasteiger partial charge in [-0.1, -0.05) is 29.8 Å². The molecule has 5 nitrogen and oxygen atoms in total. The lowest BCUT2D eigenvalue weighted by Crippen LogP contribution is -2.26. The number of likely N-dealkylation sites (tertiary alicyclic amines) is 1. The van der Waals surface area contributed by atoms with E-state index >= 15 is 0 Å². The highest BCUT2D eigenvalue weighted by molar-refractivity contribution is 8.93. The number of rotatable bonds is 9. The fourth-order valence-corrected chi connectivity index (χ4v) is 4.15. The molecule has 1 aliphatic rings. The number of aryl methyl sites for hydroxylation is 1. The van der Waals surface area contributed by atoms with Crippen LogP contribution in [0.25, 0.3) is 0 Å². The van der Waals surface area contributed by atoms with Gasteiger partial charge in [0.25, 0.3) is 0 Å². The molecule has 1 aliphatic heterocycles. The van der Waals surface area contributed by atoms with E-state index in [1.54, 1.807) is 7.11 Å². The highest BCUT2D eigenvalue weighted by Gasteiger charge is 2.17. The maximum atomic E-state index is 8.96. The highest BCUT2D eigenvalue weighted by Crippen LogP contribution is 2.30. The summed E-state index contributed by atoms with van der Waals surface area (Å²) in [5, 5.41) is 8.96. The van der Waals surface area contributed by atoms with Crippen LogP contribution < -0.4 is 14.4 Å². The van der Waals surface area contributed by atoms with E-state index in [1.165, 1.54) is 31.5 Å². The second-order valence-corrected chi connectivity index (χ2v) is 8.49. The minimum Gasteiger partial charge on any atom is -0.497 e. The second-order valence-electron chi connectivity index (χ2n) is 8.49. The molecule has 7 heteroatoms. The van der Waals surface area contributed by atoms with Crippen LogP contribution in [0, 0.1) is 12.3 Å². The Morgan fingerprint density at radius 3 is 1.91 bits per heavy atom. The number of amidine groups is 1. The van der Waals surface area contributed by atoms with Crippen LogP contribution in [0.3, 0.4) is 0 Å². The van der Waals surface area contributed by atoms with Crippen molar-refractivity contribution >= 4 is 51.2 Å². The predicted octanol–water partition coefficient (Wildman–Crippen LogP) is 7.19. The first-order chi connectivity index (χ1) is 16.1. The Labute approximate surface area is 230 Å². The zero-order valence-corrected chi connectivity index (χ0v) is 23.8. The van der Waals surface area contributed by atoms with Crippen LogP contribution in [0.2, 0.25) is 0 Å². The number of anilines is 2. The fourth-order valence-electron chi connectivity index (χ4n) is 4.15. The average Bonchev–Trinajstić information content (AvgIpc) is 3.37. The first kappa shape index (κ1) is 28.9. The van der Waals surface area contributed by atoms with E-state index in [0.29, 0.717) is 5.84 Å². The number of hydrogen-bond donors (Lipinski definition) is 1. The molecule has 1 heterocycles. The number of nitrogens with one attached hydrogen (secondary N) is 1.